The number of nitrogens with one attached hydrogen (secondary N) is 1. The van der Waals surface area contributed by atoms with Gasteiger partial charge in [0.05, 0.1) is 12.6 Å². The molecule has 0 heterocycles. The van der Waals surface area contributed by atoms with Gasteiger partial charge >= 0.3 is 0 Å². The average molecular weight is 296 g/mol. The van der Waals surface area contributed by atoms with Crippen LogP contribution in [0.5, 0.6) is 5.75 Å². The summed E-state index contributed by atoms with van der Waals surface area (Å²) in [6.07, 6.45) is 1.02. The molecule has 5 heteroatoms. The Labute approximate surface area is 125 Å². The summed E-state index contributed by atoms with van der Waals surface area (Å²) in [5.74, 6) is -0.0365. The van der Waals surface area contributed by atoms with E-state index in [0.29, 0.717) is 25.3 Å². The summed E-state index contributed by atoms with van der Waals surface area (Å²) in [5.41, 5.74) is 5.81. The van der Waals surface area contributed by atoms with Crippen LogP contribution < -0.4 is 15.8 Å². The first-order valence-corrected chi connectivity index (χ1v) is 7.38. The number of amides is 1. The van der Waals surface area contributed by atoms with Gasteiger partial charge in [-0.1, -0.05) is 32.9 Å². The highest BCUT2D eigenvalue weighted by Crippen LogP contribution is 2.17. The number of hydrogen-bond donors (Lipinski definition) is 2. The lowest BCUT2D eigenvalue weighted by Crippen LogP contribution is -2.45. The first-order valence-electron chi connectivity index (χ1n) is 7.38. The van der Waals surface area contributed by atoms with Gasteiger partial charge in [0.25, 0.3) is 0 Å². The Morgan fingerprint density at radius 3 is 2.62 bits per heavy atom. The van der Waals surface area contributed by atoms with E-state index in [1.54, 1.807) is 18.2 Å². The van der Waals surface area contributed by atoms with Crippen molar-refractivity contribution >= 4 is 5.91 Å². The van der Waals surface area contributed by atoms with Crippen LogP contribution in [0.2, 0.25) is 0 Å². The molecule has 0 bridgehead atoms. The summed E-state index contributed by atoms with van der Waals surface area (Å²) in [6, 6.07) is 5.72. The van der Waals surface area contributed by atoms with Gasteiger partial charge in [0.2, 0.25) is 5.91 Å². The number of ether oxygens (including phenoxy) is 1. The van der Waals surface area contributed by atoms with E-state index < -0.39 is 11.9 Å². The second-order valence-electron chi connectivity index (χ2n) is 5.56. The molecule has 1 aromatic rings. The van der Waals surface area contributed by atoms with Crippen molar-refractivity contribution in [3.8, 4) is 5.75 Å². The molecule has 0 aromatic heterocycles. The molecule has 2 atom stereocenters. The molecule has 3 N–H and O–H groups in total. The monoisotopic (exact) mass is 296 g/mol. The molecule has 0 fully saturated rings. The van der Waals surface area contributed by atoms with E-state index >= 15 is 0 Å². The molecule has 1 unspecified atom stereocenters. The highest BCUT2D eigenvalue weighted by Gasteiger charge is 2.17. The molecule has 1 aromatic carbocycles. The zero-order valence-corrected chi connectivity index (χ0v) is 12.9. The van der Waals surface area contributed by atoms with Crippen LogP contribution in [0.1, 0.15) is 33.6 Å². The lowest BCUT2D eigenvalue weighted by molar-refractivity contribution is -0.123. The third-order valence-corrected chi connectivity index (χ3v) is 3.15. The first kappa shape index (κ1) is 17.4. The number of carbonyl (C=O) groups excluding carboxylic acids is 1. The van der Waals surface area contributed by atoms with Crippen molar-refractivity contribution in [2.75, 3.05) is 6.54 Å². The highest BCUT2D eigenvalue weighted by atomic mass is 19.1. The fourth-order valence-electron chi connectivity index (χ4n) is 1.95. The summed E-state index contributed by atoms with van der Waals surface area (Å²) >= 11 is 0. The van der Waals surface area contributed by atoms with Crippen molar-refractivity contribution in [2.24, 2.45) is 11.7 Å². The Bertz CT molecular complexity index is 452. The van der Waals surface area contributed by atoms with Gasteiger partial charge in [-0.2, -0.15) is 0 Å². The molecular weight excluding hydrogens is 271 g/mol. The Morgan fingerprint density at radius 2 is 2.05 bits per heavy atom. The van der Waals surface area contributed by atoms with Crippen LogP contribution in [-0.4, -0.2) is 24.6 Å². The Hall–Kier alpha value is -1.62. The van der Waals surface area contributed by atoms with Crippen molar-refractivity contribution in [3.05, 3.63) is 30.1 Å². The van der Waals surface area contributed by atoms with E-state index in [-0.39, 0.29) is 17.8 Å². The highest BCUT2D eigenvalue weighted by molar-refractivity contribution is 5.81. The van der Waals surface area contributed by atoms with Crippen LogP contribution in [-0.2, 0) is 4.79 Å². The molecule has 21 heavy (non-hydrogen) atoms. The summed E-state index contributed by atoms with van der Waals surface area (Å²) in [5, 5.41) is 2.77. The molecule has 0 saturated carbocycles. The van der Waals surface area contributed by atoms with Crippen molar-refractivity contribution < 1.29 is 13.9 Å². The van der Waals surface area contributed by atoms with Gasteiger partial charge in [0, 0.05) is 0 Å². The fraction of sp³-hybridized carbons (Fsp3) is 0.562. The van der Waals surface area contributed by atoms with Gasteiger partial charge in [-0.3, -0.25) is 4.79 Å². The second-order valence-corrected chi connectivity index (χ2v) is 5.56. The SMILES string of the molecule is CCC(CNC(=O)[C@@H](N)CC(C)C)Oc1ccccc1F. The normalized spacial score (nSPS) is 13.8. The number of nitrogens with two attached hydrogens (primary N) is 1. The molecule has 1 rings (SSSR count). The van der Waals surface area contributed by atoms with Gasteiger partial charge in [-0.25, -0.2) is 4.39 Å². The molecule has 0 saturated heterocycles. The predicted molar refractivity (Wildman–Crippen MR) is 81.5 cm³/mol. The molecule has 4 nitrogen and oxygen atoms in total. The molecule has 0 aliphatic carbocycles. The number of benzene rings is 1. The number of para-hydroxylation sites is 1. The van der Waals surface area contributed by atoms with Gasteiger partial charge in [-0.15, -0.1) is 0 Å². The molecule has 1 amide bonds. The van der Waals surface area contributed by atoms with Crippen molar-refractivity contribution in [3.63, 3.8) is 0 Å². The quantitative estimate of drug-likeness (QED) is 0.774. The standard InChI is InChI=1S/C16H25FN2O2/c1-4-12(21-15-8-6-5-7-13(15)17)10-19-16(20)14(18)9-11(2)3/h5-8,11-12,14H,4,9-10,18H2,1-3H3,(H,19,20)/t12?,14-/m0/s1. The number of rotatable bonds is 8. The smallest absolute Gasteiger partial charge is 0.237 e. The van der Waals surface area contributed by atoms with Gasteiger partial charge in [0.1, 0.15) is 6.10 Å². The second kappa shape index (κ2) is 8.62. The van der Waals surface area contributed by atoms with Gasteiger partial charge in [0.15, 0.2) is 11.6 Å². The van der Waals surface area contributed by atoms with Gasteiger partial charge in [-0.05, 0) is 30.9 Å². The molecule has 0 spiro atoms. The number of carbonyl (C=O) groups is 1. The van der Waals surface area contributed by atoms with E-state index in [1.165, 1.54) is 6.07 Å². The first-order chi connectivity index (χ1) is 9.93. The predicted octanol–water partition coefficient (Wildman–Crippen LogP) is 2.47. The lowest BCUT2D eigenvalue weighted by Gasteiger charge is -2.20. The average Bonchev–Trinajstić information content (AvgIpc) is 2.44. The van der Waals surface area contributed by atoms with Crippen molar-refractivity contribution in [2.45, 2.75) is 45.8 Å². The third kappa shape index (κ3) is 6.12. The maximum absolute atomic E-state index is 13.5. The summed E-state index contributed by atoms with van der Waals surface area (Å²) in [4.78, 5) is 11.9. The minimum Gasteiger partial charge on any atom is -0.486 e. The summed E-state index contributed by atoms with van der Waals surface area (Å²) in [7, 11) is 0. The Balaban J connectivity index is 2.48. The van der Waals surface area contributed by atoms with Crippen molar-refractivity contribution in [1.29, 1.82) is 0 Å². The topological polar surface area (TPSA) is 64.4 Å². The molecule has 118 valence electrons. The maximum Gasteiger partial charge on any atom is 0.237 e. The van der Waals surface area contributed by atoms with Gasteiger partial charge < -0.3 is 15.8 Å². The zero-order valence-electron chi connectivity index (χ0n) is 12.9. The molecule has 0 radical (unpaired) electrons. The van der Waals surface area contributed by atoms with Crippen LogP contribution in [0.25, 0.3) is 0 Å². The minimum atomic E-state index is -0.518. The van der Waals surface area contributed by atoms with E-state index in [1.807, 2.05) is 20.8 Å². The van der Waals surface area contributed by atoms with Crippen molar-refractivity contribution in [1.82, 2.24) is 5.32 Å². The fourth-order valence-corrected chi connectivity index (χ4v) is 1.95. The van der Waals surface area contributed by atoms with Crippen LogP contribution in [0, 0.1) is 11.7 Å². The van der Waals surface area contributed by atoms with E-state index in [0.717, 1.165) is 0 Å². The molecule has 0 aliphatic heterocycles. The number of halogens is 1. The van der Waals surface area contributed by atoms with Crippen LogP contribution >= 0.6 is 0 Å². The third-order valence-electron chi connectivity index (χ3n) is 3.15. The summed E-state index contributed by atoms with van der Waals surface area (Å²) in [6.45, 7) is 6.27. The Kier molecular flexibility index (Phi) is 7.15. The van der Waals surface area contributed by atoms with Crippen LogP contribution in [0.3, 0.4) is 0 Å². The van der Waals surface area contributed by atoms with E-state index in [9.17, 15) is 9.18 Å². The largest absolute Gasteiger partial charge is 0.486 e. The minimum absolute atomic E-state index is 0.195. The summed E-state index contributed by atoms with van der Waals surface area (Å²) < 4.78 is 19.1. The molecular formula is C16H25FN2O2. The number of hydrogen-bond acceptors (Lipinski definition) is 3. The van der Waals surface area contributed by atoms with E-state index in [4.69, 9.17) is 10.5 Å². The zero-order chi connectivity index (χ0) is 15.8. The van der Waals surface area contributed by atoms with Crippen LogP contribution in [0.15, 0.2) is 24.3 Å². The lowest BCUT2D eigenvalue weighted by atomic mass is 10.0. The molecule has 0 aliphatic rings. The van der Waals surface area contributed by atoms with E-state index in [2.05, 4.69) is 5.32 Å². The van der Waals surface area contributed by atoms with Crippen LogP contribution in [0.4, 0.5) is 4.39 Å². The maximum atomic E-state index is 13.5. The Morgan fingerprint density at radius 1 is 1.38 bits per heavy atom.